The molecule has 0 aromatic carbocycles. The molecule has 0 amide bonds. The Labute approximate surface area is 104 Å². The molecule has 3 nitrogen and oxygen atoms in total. The van der Waals surface area contributed by atoms with Crippen molar-refractivity contribution in [3.8, 4) is 0 Å². The summed E-state index contributed by atoms with van der Waals surface area (Å²) in [6.45, 7) is 0. The molecular weight excluding hydrogens is 216 g/mol. The third kappa shape index (κ3) is 12.6. The maximum Gasteiger partial charge on any atom is 0.305 e. The standard InChI is InChI=1S/C14H22O3/c1-17-14(16)12-10-8-6-4-2-3-5-7-9-11-13-15/h5,7,9,11,13H,2-4,6,8,10,12H2,1H3/b7-5+,11-9+. The zero-order chi connectivity index (χ0) is 12.8. The predicted octanol–water partition coefficient (Wildman–Crippen LogP) is 3.20. The molecule has 0 aromatic rings. The van der Waals surface area contributed by atoms with Crippen LogP contribution in [0.3, 0.4) is 0 Å². The van der Waals surface area contributed by atoms with Crippen molar-refractivity contribution >= 4 is 12.3 Å². The van der Waals surface area contributed by atoms with Crippen molar-refractivity contribution in [2.45, 2.75) is 44.9 Å². The number of rotatable bonds is 10. The van der Waals surface area contributed by atoms with Crippen LogP contribution >= 0.6 is 0 Å². The van der Waals surface area contributed by atoms with Gasteiger partial charge in [-0.25, -0.2) is 0 Å². The molecule has 0 aliphatic carbocycles. The zero-order valence-electron chi connectivity index (χ0n) is 10.6. The van der Waals surface area contributed by atoms with E-state index in [0.29, 0.717) is 6.42 Å². The Morgan fingerprint density at radius 3 is 2.41 bits per heavy atom. The highest BCUT2D eigenvalue weighted by Crippen LogP contribution is 2.07. The fraction of sp³-hybridized carbons (Fsp3) is 0.571. The summed E-state index contributed by atoms with van der Waals surface area (Å²) < 4.78 is 4.56. The SMILES string of the molecule is COC(=O)CCCCCCC/C=C/C=C/C=O. The van der Waals surface area contributed by atoms with Crippen LogP contribution in [0.4, 0.5) is 0 Å². The minimum absolute atomic E-state index is 0.116. The van der Waals surface area contributed by atoms with Crippen molar-refractivity contribution in [1.82, 2.24) is 0 Å². The molecular formula is C14H22O3. The predicted molar refractivity (Wildman–Crippen MR) is 68.7 cm³/mol. The number of ether oxygens (including phenoxy) is 1. The van der Waals surface area contributed by atoms with Gasteiger partial charge in [-0.15, -0.1) is 0 Å². The first-order valence-corrected chi connectivity index (χ1v) is 6.15. The van der Waals surface area contributed by atoms with Crippen molar-refractivity contribution in [2.75, 3.05) is 7.11 Å². The van der Waals surface area contributed by atoms with Crippen LogP contribution < -0.4 is 0 Å². The number of esters is 1. The molecule has 0 saturated carbocycles. The molecule has 0 atom stereocenters. The van der Waals surface area contributed by atoms with Gasteiger partial charge < -0.3 is 4.74 Å². The summed E-state index contributed by atoms with van der Waals surface area (Å²) in [6.07, 6.45) is 15.0. The maximum absolute atomic E-state index is 10.8. The Kier molecular flexibility index (Phi) is 11.7. The lowest BCUT2D eigenvalue weighted by atomic mass is 10.1. The average molecular weight is 238 g/mol. The summed E-state index contributed by atoms with van der Waals surface area (Å²) >= 11 is 0. The smallest absolute Gasteiger partial charge is 0.305 e. The molecule has 0 unspecified atom stereocenters. The van der Waals surface area contributed by atoms with E-state index in [2.05, 4.69) is 10.8 Å². The molecule has 0 rings (SSSR count). The Morgan fingerprint density at radius 1 is 1.00 bits per heavy atom. The van der Waals surface area contributed by atoms with E-state index in [1.54, 1.807) is 6.08 Å². The van der Waals surface area contributed by atoms with Crippen LogP contribution in [-0.2, 0) is 14.3 Å². The van der Waals surface area contributed by atoms with Crippen LogP contribution in [-0.4, -0.2) is 19.4 Å². The van der Waals surface area contributed by atoms with Crippen LogP contribution in [0, 0.1) is 0 Å². The Balaban J connectivity index is 3.18. The zero-order valence-corrected chi connectivity index (χ0v) is 10.6. The molecule has 0 aromatic heterocycles. The van der Waals surface area contributed by atoms with Gasteiger partial charge in [-0.05, 0) is 25.3 Å². The summed E-state index contributed by atoms with van der Waals surface area (Å²) in [7, 11) is 1.42. The molecule has 0 N–H and O–H groups in total. The Morgan fingerprint density at radius 2 is 1.71 bits per heavy atom. The molecule has 96 valence electrons. The van der Waals surface area contributed by atoms with Gasteiger partial charge in [0.1, 0.15) is 6.29 Å². The van der Waals surface area contributed by atoms with E-state index in [1.807, 2.05) is 6.08 Å². The van der Waals surface area contributed by atoms with E-state index in [9.17, 15) is 9.59 Å². The van der Waals surface area contributed by atoms with Gasteiger partial charge in [0, 0.05) is 6.42 Å². The van der Waals surface area contributed by atoms with Crippen molar-refractivity contribution in [3.05, 3.63) is 24.3 Å². The van der Waals surface area contributed by atoms with Gasteiger partial charge >= 0.3 is 5.97 Å². The fourth-order valence-corrected chi connectivity index (χ4v) is 1.45. The second-order valence-corrected chi connectivity index (χ2v) is 3.83. The first-order chi connectivity index (χ1) is 8.31. The minimum Gasteiger partial charge on any atom is -0.469 e. The Bertz CT molecular complexity index is 254. The molecule has 0 fully saturated rings. The highest BCUT2D eigenvalue weighted by atomic mass is 16.5. The third-order valence-electron chi connectivity index (χ3n) is 2.42. The number of hydrogen-bond acceptors (Lipinski definition) is 3. The summed E-state index contributed by atoms with van der Waals surface area (Å²) in [6, 6.07) is 0. The van der Waals surface area contributed by atoms with Gasteiger partial charge in [-0.3, -0.25) is 9.59 Å². The molecule has 0 aliphatic rings. The molecule has 0 heterocycles. The topological polar surface area (TPSA) is 43.4 Å². The van der Waals surface area contributed by atoms with E-state index >= 15 is 0 Å². The molecule has 0 spiro atoms. The number of hydrogen-bond donors (Lipinski definition) is 0. The summed E-state index contributed by atoms with van der Waals surface area (Å²) in [4.78, 5) is 20.8. The highest BCUT2D eigenvalue weighted by molar-refractivity contribution is 5.68. The second-order valence-electron chi connectivity index (χ2n) is 3.83. The first-order valence-electron chi connectivity index (χ1n) is 6.15. The quantitative estimate of drug-likeness (QED) is 0.193. The lowest BCUT2D eigenvalue weighted by Crippen LogP contribution is -1.98. The van der Waals surface area contributed by atoms with Crippen molar-refractivity contribution in [1.29, 1.82) is 0 Å². The van der Waals surface area contributed by atoms with E-state index in [4.69, 9.17) is 0 Å². The third-order valence-corrected chi connectivity index (χ3v) is 2.42. The normalized spacial score (nSPS) is 11.1. The van der Waals surface area contributed by atoms with Crippen LogP contribution in [0.25, 0.3) is 0 Å². The highest BCUT2D eigenvalue weighted by Gasteiger charge is 1.98. The molecule has 17 heavy (non-hydrogen) atoms. The van der Waals surface area contributed by atoms with E-state index in [0.717, 1.165) is 38.4 Å². The van der Waals surface area contributed by atoms with Crippen molar-refractivity contribution in [2.24, 2.45) is 0 Å². The summed E-state index contributed by atoms with van der Waals surface area (Å²) in [5.74, 6) is -0.116. The van der Waals surface area contributed by atoms with Gasteiger partial charge in [0.2, 0.25) is 0 Å². The van der Waals surface area contributed by atoms with Crippen LogP contribution in [0.2, 0.25) is 0 Å². The van der Waals surface area contributed by atoms with Gasteiger partial charge in [-0.1, -0.05) is 37.5 Å². The molecule has 3 heteroatoms. The monoisotopic (exact) mass is 238 g/mol. The largest absolute Gasteiger partial charge is 0.469 e. The number of allylic oxidation sites excluding steroid dienone is 4. The van der Waals surface area contributed by atoms with E-state index in [1.165, 1.54) is 19.6 Å². The number of unbranched alkanes of at least 4 members (excludes halogenated alkanes) is 5. The van der Waals surface area contributed by atoms with Crippen LogP contribution in [0.15, 0.2) is 24.3 Å². The van der Waals surface area contributed by atoms with E-state index < -0.39 is 0 Å². The molecule has 0 saturated heterocycles. The number of carbonyl (C=O) groups excluding carboxylic acids is 2. The van der Waals surface area contributed by atoms with Crippen LogP contribution in [0.5, 0.6) is 0 Å². The maximum atomic E-state index is 10.8. The van der Waals surface area contributed by atoms with Gasteiger partial charge in [0.05, 0.1) is 7.11 Å². The van der Waals surface area contributed by atoms with Crippen molar-refractivity contribution in [3.63, 3.8) is 0 Å². The van der Waals surface area contributed by atoms with Gasteiger partial charge in [0.25, 0.3) is 0 Å². The molecule has 0 aliphatic heterocycles. The van der Waals surface area contributed by atoms with Crippen molar-refractivity contribution < 1.29 is 14.3 Å². The summed E-state index contributed by atoms with van der Waals surface area (Å²) in [5, 5.41) is 0. The van der Waals surface area contributed by atoms with Crippen LogP contribution in [0.1, 0.15) is 44.9 Å². The lowest BCUT2D eigenvalue weighted by Gasteiger charge is -1.99. The fourth-order valence-electron chi connectivity index (χ4n) is 1.45. The molecule has 0 radical (unpaired) electrons. The second kappa shape index (κ2) is 12.7. The number of aldehydes is 1. The van der Waals surface area contributed by atoms with Gasteiger partial charge in [-0.2, -0.15) is 0 Å². The minimum atomic E-state index is -0.116. The average Bonchev–Trinajstić information content (AvgIpc) is 2.35. The lowest BCUT2D eigenvalue weighted by molar-refractivity contribution is -0.140. The number of methoxy groups -OCH3 is 1. The Hall–Kier alpha value is -1.38. The number of carbonyl (C=O) groups is 2. The first kappa shape index (κ1) is 15.6. The molecule has 0 bridgehead atoms. The van der Waals surface area contributed by atoms with E-state index in [-0.39, 0.29) is 5.97 Å². The summed E-state index contributed by atoms with van der Waals surface area (Å²) in [5.41, 5.74) is 0. The van der Waals surface area contributed by atoms with Gasteiger partial charge in [0.15, 0.2) is 0 Å².